The van der Waals surface area contributed by atoms with Gasteiger partial charge >= 0.3 is 0 Å². The summed E-state index contributed by atoms with van der Waals surface area (Å²) < 4.78 is 11.4. The number of hydrogen-bond acceptors (Lipinski definition) is 3. The highest BCUT2D eigenvalue weighted by Crippen LogP contribution is 2.48. The molecule has 2 aliphatic heterocycles. The van der Waals surface area contributed by atoms with E-state index in [-0.39, 0.29) is 34.9 Å². The average molecular weight is 402 g/mol. The van der Waals surface area contributed by atoms with Gasteiger partial charge in [0.25, 0.3) is 0 Å². The molecule has 2 fully saturated rings. The monoisotopic (exact) mass is 401 g/mol. The van der Waals surface area contributed by atoms with Crippen molar-refractivity contribution in [3.05, 3.63) is 60.2 Å². The van der Waals surface area contributed by atoms with Crippen molar-refractivity contribution in [2.45, 2.75) is 30.0 Å². The Balaban J connectivity index is 1.64. The first-order chi connectivity index (χ1) is 12.1. The van der Waals surface area contributed by atoms with Gasteiger partial charge in [0.2, 0.25) is 5.91 Å². The zero-order valence-electron chi connectivity index (χ0n) is 14.1. The number of anilines is 1. The molecule has 0 aromatic heterocycles. The van der Waals surface area contributed by atoms with E-state index < -0.39 is 0 Å². The lowest BCUT2D eigenvalue weighted by Gasteiger charge is -2.56. The molecule has 1 amide bonds. The number of β-lactam (4-membered cyclic amide) rings is 1. The fourth-order valence-corrected chi connectivity index (χ4v) is 4.86. The van der Waals surface area contributed by atoms with Gasteiger partial charge in [-0.15, -0.1) is 0 Å². The molecule has 5 atom stereocenters. The van der Waals surface area contributed by atoms with E-state index in [1.807, 2.05) is 54.3 Å². The summed E-state index contributed by atoms with van der Waals surface area (Å²) in [5.74, 6) is 0.802. The van der Waals surface area contributed by atoms with E-state index in [0.29, 0.717) is 0 Å². The van der Waals surface area contributed by atoms with Gasteiger partial charge in [-0.1, -0.05) is 46.3 Å². The molecule has 5 heteroatoms. The molecule has 0 aliphatic carbocycles. The van der Waals surface area contributed by atoms with Crippen LogP contribution in [-0.2, 0) is 9.53 Å². The fraction of sp³-hybridized carbons (Fsp3) is 0.350. The van der Waals surface area contributed by atoms with E-state index in [4.69, 9.17) is 9.47 Å². The van der Waals surface area contributed by atoms with Crippen LogP contribution in [0.3, 0.4) is 0 Å². The molecule has 2 aliphatic rings. The van der Waals surface area contributed by atoms with Gasteiger partial charge in [0.05, 0.1) is 36.1 Å². The minimum absolute atomic E-state index is 0.0379. The molecule has 4 nitrogen and oxygen atoms in total. The van der Waals surface area contributed by atoms with Crippen molar-refractivity contribution >= 4 is 27.5 Å². The zero-order chi connectivity index (χ0) is 17.6. The van der Waals surface area contributed by atoms with E-state index in [9.17, 15) is 4.79 Å². The summed E-state index contributed by atoms with van der Waals surface area (Å²) in [5.41, 5.74) is 2.03. The number of ether oxygens (including phenoxy) is 2. The summed E-state index contributed by atoms with van der Waals surface area (Å²) >= 11 is 3.83. The van der Waals surface area contributed by atoms with Crippen LogP contribution in [0.25, 0.3) is 0 Å². The van der Waals surface area contributed by atoms with Crippen molar-refractivity contribution in [2.24, 2.45) is 5.92 Å². The maximum atomic E-state index is 12.7. The molecule has 0 N–H and O–H groups in total. The molecule has 2 aromatic rings. The van der Waals surface area contributed by atoms with Gasteiger partial charge < -0.3 is 14.4 Å². The zero-order valence-corrected chi connectivity index (χ0v) is 15.7. The number of rotatable bonds is 3. The third-order valence-electron chi connectivity index (χ3n) is 5.15. The Morgan fingerprint density at radius 1 is 1.08 bits per heavy atom. The van der Waals surface area contributed by atoms with Crippen molar-refractivity contribution in [3.63, 3.8) is 0 Å². The van der Waals surface area contributed by atoms with Crippen LogP contribution in [0.5, 0.6) is 5.75 Å². The Morgan fingerprint density at radius 3 is 2.40 bits per heavy atom. The van der Waals surface area contributed by atoms with Crippen LogP contribution in [0.1, 0.15) is 18.6 Å². The number of nitrogens with zero attached hydrogens (tertiary/aromatic N) is 1. The fourth-order valence-electron chi connectivity index (χ4n) is 3.87. The summed E-state index contributed by atoms with van der Waals surface area (Å²) in [6.45, 7) is 2.00. The molecule has 2 saturated heterocycles. The molecule has 0 bridgehead atoms. The number of benzene rings is 2. The minimum atomic E-state index is -0.106. The second kappa shape index (κ2) is 6.46. The van der Waals surface area contributed by atoms with Crippen LogP contribution in [0, 0.1) is 5.92 Å². The van der Waals surface area contributed by atoms with Crippen LogP contribution in [-0.4, -0.2) is 30.0 Å². The molecule has 0 unspecified atom stereocenters. The molecular formula is C20H20BrNO3. The third-order valence-corrected chi connectivity index (χ3v) is 6.17. The number of hydrogen-bond donors (Lipinski definition) is 0. The van der Waals surface area contributed by atoms with Gasteiger partial charge in [0, 0.05) is 5.69 Å². The van der Waals surface area contributed by atoms with Crippen LogP contribution < -0.4 is 9.64 Å². The number of halogens is 1. The van der Waals surface area contributed by atoms with Crippen LogP contribution in [0.2, 0.25) is 0 Å². The highest BCUT2D eigenvalue weighted by molar-refractivity contribution is 9.09. The summed E-state index contributed by atoms with van der Waals surface area (Å²) in [5, 5.41) is 0. The topological polar surface area (TPSA) is 38.8 Å². The minimum Gasteiger partial charge on any atom is -0.497 e. The maximum Gasteiger partial charge on any atom is 0.235 e. The number of amides is 1. The lowest BCUT2D eigenvalue weighted by atomic mass is 9.76. The van der Waals surface area contributed by atoms with Gasteiger partial charge in [-0.25, -0.2) is 0 Å². The largest absolute Gasteiger partial charge is 0.497 e. The Bertz CT molecular complexity index is 764. The molecule has 25 heavy (non-hydrogen) atoms. The Labute approximate surface area is 155 Å². The lowest BCUT2D eigenvalue weighted by molar-refractivity contribution is -0.152. The van der Waals surface area contributed by atoms with Gasteiger partial charge in [0.1, 0.15) is 5.75 Å². The second-order valence-electron chi connectivity index (χ2n) is 6.54. The van der Waals surface area contributed by atoms with Crippen molar-refractivity contribution in [1.29, 1.82) is 0 Å². The predicted octanol–water partition coefficient (Wildman–Crippen LogP) is 3.95. The van der Waals surface area contributed by atoms with Crippen LogP contribution in [0.4, 0.5) is 5.69 Å². The molecule has 0 radical (unpaired) electrons. The predicted molar refractivity (Wildman–Crippen MR) is 100 cm³/mol. The first-order valence-corrected chi connectivity index (χ1v) is 9.35. The van der Waals surface area contributed by atoms with E-state index in [1.54, 1.807) is 7.11 Å². The number of carbonyl (C=O) groups excluding carboxylic acids is 1. The van der Waals surface area contributed by atoms with E-state index in [1.165, 1.54) is 0 Å². The van der Waals surface area contributed by atoms with Gasteiger partial charge in [0.15, 0.2) is 0 Å². The van der Waals surface area contributed by atoms with Crippen LogP contribution >= 0.6 is 15.9 Å². The quantitative estimate of drug-likeness (QED) is 0.577. The second-order valence-corrected chi connectivity index (χ2v) is 7.60. The molecule has 0 spiro atoms. The van der Waals surface area contributed by atoms with E-state index in [2.05, 4.69) is 28.1 Å². The molecule has 2 heterocycles. The summed E-state index contributed by atoms with van der Waals surface area (Å²) in [4.78, 5) is 14.7. The SMILES string of the molecule is COc1ccc(N2C(=O)[C@H]3[C@@H]2[C@@H](Br)[C@H](c2ccccc2)O[C@H]3C)cc1. The normalized spacial score (nSPS) is 31.2. The molecule has 2 aromatic carbocycles. The number of carbonyl (C=O) groups is 1. The van der Waals surface area contributed by atoms with Crippen LogP contribution in [0.15, 0.2) is 54.6 Å². The lowest BCUT2D eigenvalue weighted by Crippen LogP contribution is -2.71. The first-order valence-electron chi connectivity index (χ1n) is 8.43. The van der Waals surface area contributed by atoms with Crippen molar-refractivity contribution < 1.29 is 14.3 Å². The average Bonchev–Trinajstić information content (AvgIpc) is 2.64. The Morgan fingerprint density at radius 2 is 1.76 bits per heavy atom. The van der Waals surface area contributed by atoms with E-state index in [0.717, 1.165) is 17.0 Å². The maximum absolute atomic E-state index is 12.7. The summed E-state index contributed by atoms with van der Waals surface area (Å²) in [7, 11) is 1.64. The highest BCUT2D eigenvalue weighted by atomic mass is 79.9. The number of alkyl halides is 1. The molecule has 4 rings (SSSR count). The summed E-state index contributed by atoms with van der Waals surface area (Å²) in [6.07, 6.45) is -0.183. The van der Waals surface area contributed by atoms with Gasteiger partial charge in [-0.3, -0.25) is 4.79 Å². The Kier molecular flexibility index (Phi) is 4.29. The standard InChI is InChI=1S/C20H20BrNO3/c1-12-16-18(17(21)19(25-12)13-6-4-3-5-7-13)22(20(16)23)14-8-10-15(24-2)11-9-14/h3-12,16-19H,1-2H3/t12-,16+,17+,18+,19-/m0/s1. The highest BCUT2D eigenvalue weighted by Gasteiger charge is 2.59. The van der Waals surface area contributed by atoms with E-state index >= 15 is 0 Å². The third kappa shape index (κ3) is 2.66. The van der Waals surface area contributed by atoms with Gasteiger partial charge in [-0.2, -0.15) is 0 Å². The smallest absolute Gasteiger partial charge is 0.235 e. The van der Waals surface area contributed by atoms with Crippen molar-refractivity contribution in [3.8, 4) is 5.75 Å². The molecular weight excluding hydrogens is 382 g/mol. The van der Waals surface area contributed by atoms with Crippen molar-refractivity contribution in [2.75, 3.05) is 12.0 Å². The summed E-state index contributed by atoms with van der Waals surface area (Å²) in [6, 6.07) is 17.9. The van der Waals surface area contributed by atoms with Crippen molar-refractivity contribution in [1.82, 2.24) is 0 Å². The van der Waals surface area contributed by atoms with Gasteiger partial charge in [-0.05, 0) is 36.8 Å². The first kappa shape index (κ1) is 16.6. The molecule has 0 saturated carbocycles. The Hall–Kier alpha value is -1.85. The number of fused-ring (bicyclic) bond motifs is 1. The molecule has 130 valence electrons. The number of methoxy groups -OCH3 is 1.